The Hall–Kier alpha value is -4.08. The maximum Gasteiger partial charge on any atom is 0.322 e. The van der Waals surface area contributed by atoms with E-state index in [0.717, 1.165) is 41.8 Å². The normalized spacial score (nSPS) is 10.9. The Morgan fingerprint density at radius 2 is 1.76 bits per heavy atom. The number of halogens is 1. The molecule has 0 unspecified atom stereocenters. The molecule has 3 heterocycles. The molecule has 5 rings (SSSR count). The molecule has 0 atom stereocenters. The van der Waals surface area contributed by atoms with Gasteiger partial charge in [-0.15, -0.1) is 11.3 Å². The van der Waals surface area contributed by atoms with Crippen LogP contribution in [0.3, 0.4) is 0 Å². The van der Waals surface area contributed by atoms with Gasteiger partial charge in [0.05, 0.1) is 9.17 Å². The van der Waals surface area contributed by atoms with Gasteiger partial charge in [0, 0.05) is 45.2 Å². The lowest BCUT2D eigenvalue weighted by Crippen LogP contribution is -2.11. The van der Waals surface area contributed by atoms with Gasteiger partial charge in [0.1, 0.15) is 11.6 Å². The first kappa shape index (κ1) is 24.6. The lowest BCUT2D eigenvalue weighted by molar-refractivity contribution is -0.112. The molecule has 0 spiro atoms. The number of thiophene rings is 1. The van der Waals surface area contributed by atoms with Crippen LogP contribution in [0, 0.1) is 6.92 Å². The number of nitrogens with zero attached hydrogens (tertiary/aromatic N) is 3. The van der Waals surface area contributed by atoms with E-state index in [1.807, 2.05) is 61.5 Å². The molecule has 1 amide bonds. The second-order valence-corrected chi connectivity index (χ2v) is 10.3. The highest BCUT2D eigenvalue weighted by atomic mass is 79.9. The van der Waals surface area contributed by atoms with Crippen molar-refractivity contribution >= 4 is 54.8 Å². The number of amides is 1. The van der Waals surface area contributed by atoms with Crippen molar-refractivity contribution in [1.29, 1.82) is 0 Å². The summed E-state index contributed by atoms with van der Waals surface area (Å²) >= 11 is 5.26. The average molecular weight is 572 g/mol. The third-order valence-corrected chi connectivity index (χ3v) is 7.75. The van der Waals surface area contributed by atoms with Crippen molar-refractivity contribution in [2.45, 2.75) is 13.8 Å². The van der Waals surface area contributed by atoms with Crippen molar-refractivity contribution in [3.63, 3.8) is 0 Å². The van der Waals surface area contributed by atoms with Gasteiger partial charge in [0.15, 0.2) is 0 Å². The molecule has 37 heavy (non-hydrogen) atoms. The summed E-state index contributed by atoms with van der Waals surface area (Å²) in [5.74, 6) is 0.867. The van der Waals surface area contributed by atoms with E-state index in [4.69, 9.17) is 10.5 Å². The van der Waals surface area contributed by atoms with E-state index in [2.05, 4.69) is 42.8 Å². The highest BCUT2D eigenvalue weighted by molar-refractivity contribution is 9.10. The summed E-state index contributed by atoms with van der Waals surface area (Å²) < 4.78 is 7.71. The number of anilines is 2. The van der Waals surface area contributed by atoms with Gasteiger partial charge in [0.2, 0.25) is 0 Å². The predicted molar refractivity (Wildman–Crippen MR) is 153 cm³/mol. The molecular formula is C28H22BrN5O2S. The first-order valence-corrected chi connectivity index (χ1v) is 12.9. The lowest BCUT2D eigenvalue weighted by Gasteiger charge is -2.10. The van der Waals surface area contributed by atoms with E-state index in [-0.39, 0.29) is 5.91 Å². The molecule has 0 aliphatic carbocycles. The summed E-state index contributed by atoms with van der Waals surface area (Å²) in [5.41, 5.74) is 11.3. The summed E-state index contributed by atoms with van der Waals surface area (Å²) in [6.07, 6.45) is 3.38. The van der Waals surface area contributed by atoms with Crippen LogP contribution in [0.25, 0.3) is 31.7 Å². The van der Waals surface area contributed by atoms with Crippen molar-refractivity contribution in [3.8, 4) is 33.3 Å². The van der Waals surface area contributed by atoms with Crippen molar-refractivity contribution in [3.05, 3.63) is 89.3 Å². The van der Waals surface area contributed by atoms with E-state index in [1.165, 1.54) is 0 Å². The Morgan fingerprint density at radius 1 is 1.05 bits per heavy atom. The molecule has 0 fully saturated rings. The monoisotopic (exact) mass is 571 g/mol. The molecule has 0 aliphatic heterocycles. The molecule has 3 N–H and O–H groups in total. The zero-order valence-electron chi connectivity index (χ0n) is 20.1. The smallest absolute Gasteiger partial charge is 0.322 e. The number of hydrogen-bond acceptors (Lipinski definition) is 7. The largest absolute Gasteiger partial charge is 0.424 e. The Labute approximate surface area is 226 Å². The second-order valence-electron chi connectivity index (χ2n) is 8.42. The number of nitrogens with one attached hydrogen (secondary N) is 1. The minimum Gasteiger partial charge on any atom is -0.424 e. The number of nitrogen functional groups attached to an aromatic ring is 1. The fourth-order valence-electron chi connectivity index (χ4n) is 3.78. The quantitative estimate of drug-likeness (QED) is 0.206. The van der Waals surface area contributed by atoms with Crippen molar-refractivity contribution in [2.75, 3.05) is 11.1 Å². The van der Waals surface area contributed by atoms with Gasteiger partial charge in [-0.3, -0.25) is 4.79 Å². The van der Waals surface area contributed by atoms with Gasteiger partial charge < -0.3 is 15.8 Å². The third-order valence-electron chi connectivity index (χ3n) is 5.62. The Kier molecular flexibility index (Phi) is 6.73. The number of rotatable bonds is 6. The number of fused-ring (bicyclic) bond motifs is 1. The lowest BCUT2D eigenvalue weighted by atomic mass is 9.99. The van der Waals surface area contributed by atoms with E-state index >= 15 is 0 Å². The summed E-state index contributed by atoms with van der Waals surface area (Å²) in [4.78, 5) is 25.9. The SMILES string of the molecule is C=C(C)C(=O)Nc1ccc(-c2sc3c(Br)cnc(N)c3c2-c2ccc(Oc3nccc(C)n3)cc2)cc1. The van der Waals surface area contributed by atoms with E-state index in [0.29, 0.717) is 28.8 Å². The van der Waals surface area contributed by atoms with Crippen LogP contribution in [0.15, 0.2) is 83.6 Å². The number of benzene rings is 2. The maximum atomic E-state index is 12.0. The van der Waals surface area contributed by atoms with Crippen LogP contribution < -0.4 is 15.8 Å². The van der Waals surface area contributed by atoms with Gasteiger partial charge in [0.25, 0.3) is 5.91 Å². The molecule has 9 heteroatoms. The fourth-order valence-corrected chi connectivity index (χ4v) is 5.57. The van der Waals surface area contributed by atoms with Crippen LogP contribution in [0.5, 0.6) is 11.8 Å². The van der Waals surface area contributed by atoms with E-state index < -0.39 is 0 Å². The number of hydrogen-bond donors (Lipinski definition) is 2. The Morgan fingerprint density at radius 3 is 2.43 bits per heavy atom. The van der Waals surface area contributed by atoms with Crippen LogP contribution in [0.1, 0.15) is 12.6 Å². The summed E-state index contributed by atoms with van der Waals surface area (Å²) in [5, 5.41) is 3.72. The van der Waals surface area contributed by atoms with Gasteiger partial charge in [-0.05, 0) is 71.2 Å². The van der Waals surface area contributed by atoms with Crippen molar-refractivity contribution in [2.24, 2.45) is 0 Å². The highest BCUT2D eigenvalue weighted by Crippen LogP contribution is 2.48. The molecule has 3 aromatic heterocycles. The molecule has 184 valence electrons. The van der Waals surface area contributed by atoms with Crippen LogP contribution in [-0.2, 0) is 4.79 Å². The van der Waals surface area contributed by atoms with Crippen LogP contribution in [0.2, 0.25) is 0 Å². The third kappa shape index (κ3) is 5.09. The van der Waals surface area contributed by atoms with E-state index in [1.54, 1.807) is 30.7 Å². The average Bonchev–Trinajstić information content (AvgIpc) is 3.29. The van der Waals surface area contributed by atoms with Gasteiger partial charge in [-0.1, -0.05) is 30.8 Å². The predicted octanol–water partition coefficient (Wildman–Crippen LogP) is 7.38. The minimum absolute atomic E-state index is 0.212. The molecule has 0 radical (unpaired) electrons. The Balaban J connectivity index is 1.56. The van der Waals surface area contributed by atoms with Gasteiger partial charge in [-0.25, -0.2) is 15.0 Å². The summed E-state index contributed by atoms with van der Waals surface area (Å²) in [6, 6.07) is 17.5. The van der Waals surface area contributed by atoms with Crippen LogP contribution in [0.4, 0.5) is 11.5 Å². The van der Waals surface area contributed by atoms with Crippen LogP contribution in [-0.4, -0.2) is 20.9 Å². The number of carbonyl (C=O) groups excluding carboxylic acids is 1. The van der Waals surface area contributed by atoms with Crippen molar-refractivity contribution < 1.29 is 9.53 Å². The number of ether oxygens (including phenoxy) is 1. The Bertz CT molecular complexity index is 1650. The van der Waals surface area contributed by atoms with E-state index in [9.17, 15) is 4.79 Å². The second kappa shape index (κ2) is 10.1. The molecule has 0 saturated heterocycles. The van der Waals surface area contributed by atoms with Gasteiger partial charge >= 0.3 is 6.01 Å². The van der Waals surface area contributed by atoms with Crippen molar-refractivity contribution in [1.82, 2.24) is 15.0 Å². The molecule has 5 aromatic rings. The zero-order chi connectivity index (χ0) is 26.1. The highest BCUT2D eigenvalue weighted by Gasteiger charge is 2.20. The molecule has 2 aromatic carbocycles. The molecule has 0 bridgehead atoms. The van der Waals surface area contributed by atoms with Crippen LogP contribution >= 0.6 is 27.3 Å². The number of aryl methyl sites for hydroxylation is 1. The molecular weight excluding hydrogens is 550 g/mol. The maximum absolute atomic E-state index is 12.0. The fraction of sp³-hybridized carbons (Fsp3) is 0.0714. The standard InChI is InChI=1S/C28H22BrN5O2S/c1-15(2)27(35)34-19-8-4-18(5-9-19)24-22(23-25(37-24)21(29)14-32-26(23)30)17-6-10-20(11-7-17)36-28-31-13-12-16(3)33-28/h4-14H,1H2,2-3H3,(H2,30,32)(H,34,35). The first-order chi connectivity index (χ1) is 17.8. The molecule has 7 nitrogen and oxygen atoms in total. The number of carbonyl (C=O) groups is 1. The minimum atomic E-state index is -0.212. The molecule has 0 saturated carbocycles. The molecule has 0 aliphatic rings. The first-order valence-electron chi connectivity index (χ1n) is 11.3. The summed E-state index contributed by atoms with van der Waals surface area (Å²) in [6.45, 7) is 7.25. The topological polar surface area (TPSA) is 103 Å². The van der Waals surface area contributed by atoms with Gasteiger partial charge in [-0.2, -0.15) is 0 Å². The zero-order valence-corrected chi connectivity index (χ0v) is 22.5. The number of aromatic nitrogens is 3. The number of nitrogens with two attached hydrogens (primary N) is 1. The number of pyridine rings is 1. The summed E-state index contributed by atoms with van der Waals surface area (Å²) in [7, 11) is 0.